The number of halogens is 1. The molecule has 9 heteroatoms. The van der Waals surface area contributed by atoms with Crippen LogP contribution in [0.5, 0.6) is 0 Å². The van der Waals surface area contributed by atoms with Crippen LogP contribution in [0, 0.1) is 0 Å². The first-order valence-corrected chi connectivity index (χ1v) is 11.1. The molecule has 0 bridgehead atoms. The summed E-state index contributed by atoms with van der Waals surface area (Å²) in [6.07, 6.45) is 0. The largest absolute Gasteiger partial charge is 0.383 e. The number of methoxy groups -OCH3 is 1. The zero-order valence-electron chi connectivity index (χ0n) is 16.6. The van der Waals surface area contributed by atoms with Crippen LogP contribution in [0.25, 0.3) is 21.3 Å². The van der Waals surface area contributed by atoms with Crippen molar-refractivity contribution in [3.8, 4) is 11.1 Å². The maximum atomic E-state index is 13.4. The summed E-state index contributed by atoms with van der Waals surface area (Å²) < 4.78 is 6.77. The van der Waals surface area contributed by atoms with Crippen molar-refractivity contribution < 1.29 is 9.53 Å². The quantitative estimate of drug-likeness (QED) is 0.401. The Hall–Kier alpha value is -1.87. The molecule has 0 saturated carbocycles. The summed E-state index contributed by atoms with van der Waals surface area (Å²) in [5.41, 5.74) is 1.41. The van der Waals surface area contributed by atoms with Crippen molar-refractivity contribution >= 4 is 50.8 Å². The van der Waals surface area contributed by atoms with Crippen molar-refractivity contribution in [2.75, 3.05) is 27.8 Å². The van der Waals surface area contributed by atoms with Gasteiger partial charge in [0.2, 0.25) is 5.91 Å². The van der Waals surface area contributed by atoms with Crippen LogP contribution in [0.4, 0.5) is 0 Å². The zero-order chi connectivity index (χ0) is 21.1. The molecule has 3 rings (SSSR count). The number of carbonyl (C=O) groups is 1. The highest BCUT2D eigenvalue weighted by molar-refractivity contribution is 8.00. The van der Waals surface area contributed by atoms with Crippen LogP contribution in [0.3, 0.4) is 0 Å². The van der Waals surface area contributed by atoms with Gasteiger partial charge in [0.1, 0.15) is 4.83 Å². The second-order valence-corrected chi connectivity index (χ2v) is 9.22. The van der Waals surface area contributed by atoms with E-state index in [1.807, 2.05) is 30.5 Å². The Morgan fingerprint density at radius 1 is 1.34 bits per heavy atom. The van der Waals surface area contributed by atoms with E-state index in [1.165, 1.54) is 28.0 Å². The molecule has 29 heavy (non-hydrogen) atoms. The highest BCUT2D eigenvalue weighted by Crippen LogP contribution is 2.36. The van der Waals surface area contributed by atoms with Crippen molar-refractivity contribution in [3.05, 3.63) is 45.0 Å². The molecule has 0 unspecified atom stereocenters. The first kappa shape index (κ1) is 21.8. The van der Waals surface area contributed by atoms with Gasteiger partial charge in [0.25, 0.3) is 5.56 Å². The number of amides is 1. The molecular weight excluding hydrogens is 430 g/mol. The highest BCUT2D eigenvalue weighted by Gasteiger charge is 2.23. The number of ether oxygens (including phenoxy) is 1. The summed E-state index contributed by atoms with van der Waals surface area (Å²) in [6.45, 7) is 2.52. The fourth-order valence-electron chi connectivity index (χ4n) is 2.93. The molecule has 0 spiro atoms. The number of hydrogen-bond acceptors (Lipinski definition) is 6. The van der Waals surface area contributed by atoms with Gasteiger partial charge in [0.05, 0.1) is 23.8 Å². The van der Waals surface area contributed by atoms with E-state index >= 15 is 0 Å². The monoisotopic (exact) mass is 451 g/mol. The number of thioether (sulfide) groups is 1. The van der Waals surface area contributed by atoms with Crippen LogP contribution in [0.15, 0.2) is 39.6 Å². The second-order valence-electron chi connectivity index (χ2n) is 6.65. The van der Waals surface area contributed by atoms with Gasteiger partial charge < -0.3 is 9.64 Å². The molecule has 0 aliphatic carbocycles. The van der Waals surface area contributed by atoms with Crippen LogP contribution in [0.1, 0.15) is 6.92 Å². The smallest absolute Gasteiger partial charge is 0.263 e. The molecule has 3 aromatic rings. The minimum absolute atomic E-state index is 0.0365. The number of aromatic nitrogens is 2. The minimum atomic E-state index is -0.369. The summed E-state index contributed by atoms with van der Waals surface area (Å²) in [7, 11) is 5.01. The van der Waals surface area contributed by atoms with Gasteiger partial charge in [0, 0.05) is 42.7 Å². The van der Waals surface area contributed by atoms with Crippen molar-refractivity contribution in [1.29, 1.82) is 0 Å². The second kappa shape index (κ2) is 9.30. The third-order valence-corrected chi connectivity index (χ3v) is 6.69. The summed E-state index contributed by atoms with van der Waals surface area (Å²) in [6, 6.07) is 7.44. The third kappa shape index (κ3) is 4.50. The molecular formula is C20H22ClN3O3S2. The van der Waals surface area contributed by atoms with E-state index < -0.39 is 0 Å². The lowest BCUT2D eigenvalue weighted by Gasteiger charge is -2.18. The number of fused-ring (bicyclic) bond motifs is 1. The number of thiophene rings is 1. The number of rotatable bonds is 7. The topological polar surface area (TPSA) is 64.4 Å². The summed E-state index contributed by atoms with van der Waals surface area (Å²) in [5.74, 6) is -0.0365. The molecule has 6 nitrogen and oxygen atoms in total. The minimum Gasteiger partial charge on any atom is -0.383 e. The fourth-order valence-corrected chi connectivity index (χ4v) is 5.22. The van der Waals surface area contributed by atoms with Gasteiger partial charge in [-0.05, 0) is 13.0 Å². The maximum absolute atomic E-state index is 13.4. The van der Waals surface area contributed by atoms with Crippen LogP contribution >= 0.6 is 34.7 Å². The maximum Gasteiger partial charge on any atom is 0.263 e. The molecule has 0 radical (unpaired) electrons. The molecule has 2 aromatic heterocycles. The molecule has 1 amide bonds. The number of carbonyl (C=O) groups excluding carboxylic acids is 1. The molecule has 0 aliphatic heterocycles. The van der Waals surface area contributed by atoms with Crippen molar-refractivity contribution in [2.45, 2.75) is 23.9 Å². The Kier molecular flexibility index (Phi) is 7.00. The van der Waals surface area contributed by atoms with Gasteiger partial charge in [-0.1, -0.05) is 41.6 Å². The molecule has 1 atom stereocenters. The lowest BCUT2D eigenvalue weighted by Crippen LogP contribution is -2.31. The van der Waals surface area contributed by atoms with E-state index in [9.17, 15) is 9.59 Å². The van der Waals surface area contributed by atoms with Gasteiger partial charge in [-0.3, -0.25) is 14.2 Å². The van der Waals surface area contributed by atoms with E-state index in [1.54, 1.807) is 31.8 Å². The summed E-state index contributed by atoms with van der Waals surface area (Å²) in [4.78, 5) is 32.6. The van der Waals surface area contributed by atoms with Gasteiger partial charge in [0.15, 0.2) is 5.16 Å². The van der Waals surface area contributed by atoms with E-state index in [2.05, 4.69) is 0 Å². The van der Waals surface area contributed by atoms with E-state index in [0.717, 1.165) is 11.1 Å². The molecule has 1 aromatic carbocycles. The summed E-state index contributed by atoms with van der Waals surface area (Å²) >= 11 is 9.04. The Morgan fingerprint density at radius 3 is 2.72 bits per heavy atom. The molecule has 0 fully saturated rings. The van der Waals surface area contributed by atoms with Crippen molar-refractivity contribution in [2.24, 2.45) is 0 Å². The lowest BCUT2D eigenvalue weighted by molar-refractivity contribution is -0.127. The zero-order valence-corrected chi connectivity index (χ0v) is 19.0. The van der Waals surface area contributed by atoms with Gasteiger partial charge in [-0.2, -0.15) is 0 Å². The van der Waals surface area contributed by atoms with Crippen LogP contribution in [-0.2, 0) is 16.1 Å². The Labute approximate surface area is 182 Å². The average Bonchev–Trinajstić information content (AvgIpc) is 3.11. The van der Waals surface area contributed by atoms with E-state index in [4.69, 9.17) is 21.3 Å². The third-order valence-electron chi connectivity index (χ3n) is 4.41. The predicted octanol–water partition coefficient (Wildman–Crippen LogP) is 3.99. The van der Waals surface area contributed by atoms with Gasteiger partial charge in [-0.15, -0.1) is 11.3 Å². The highest BCUT2D eigenvalue weighted by atomic mass is 35.5. The van der Waals surface area contributed by atoms with Crippen molar-refractivity contribution in [1.82, 2.24) is 14.5 Å². The van der Waals surface area contributed by atoms with E-state index in [0.29, 0.717) is 33.5 Å². The van der Waals surface area contributed by atoms with Crippen LogP contribution < -0.4 is 5.56 Å². The fraction of sp³-hybridized carbons (Fsp3) is 0.350. The Balaban J connectivity index is 2.15. The van der Waals surface area contributed by atoms with Crippen LogP contribution in [0.2, 0.25) is 5.02 Å². The molecule has 0 aliphatic rings. The Morgan fingerprint density at radius 2 is 2.07 bits per heavy atom. The molecule has 0 N–H and O–H groups in total. The van der Waals surface area contributed by atoms with Gasteiger partial charge >= 0.3 is 0 Å². The SMILES string of the molecule is COCCn1c(S[C@H](C)C(=O)N(C)C)nc2scc(-c3ccccc3Cl)c2c1=O. The molecule has 0 saturated heterocycles. The average molecular weight is 452 g/mol. The Bertz CT molecular complexity index is 1090. The first-order chi connectivity index (χ1) is 13.8. The van der Waals surface area contributed by atoms with Crippen molar-refractivity contribution in [3.63, 3.8) is 0 Å². The molecule has 154 valence electrons. The summed E-state index contributed by atoms with van der Waals surface area (Å²) in [5, 5.41) is 3.17. The van der Waals surface area contributed by atoms with E-state index in [-0.39, 0.29) is 16.7 Å². The van der Waals surface area contributed by atoms with Gasteiger partial charge in [-0.25, -0.2) is 4.98 Å². The lowest BCUT2D eigenvalue weighted by atomic mass is 10.1. The molecule has 2 heterocycles. The van der Waals surface area contributed by atoms with Crippen LogP contribution in [-0.4, -0.2) is 53.4 Å². The number of hydrogen-bond donors (Lipinski definition) is 0. The normalized spacial score (nSPS) is 12.3. The first-order valence-electron chi connectivity index (χ1n) is 8.98. The number of nitrogens with zero attached hydrogens (tertiary/aromatic N) is 3. The predicted molar refractivity (Wildman–Crippen MR) is 120 cm³/mol. The standard InChI is InChI=1S/C20H22ClN3O3S2/c1-12(18(25)23(2)3)29-20-22-17-16(19(26)24(20)9-10-27-4)14(11-28-17)13-7-5-6-8-15(13)21/h5-8,11-12H,9-10H2,1-4H3/t12-/m1/s1. The number of benzene rings is 1.